The van der Waals surface area contributed by atoms with Crippen LogP contribution in [0.2, 0.25) is 0 Å². The van der Waals surface area contributed by atoms with E-state index in [2.05, 4.69) is 5.29 Å². The topological polar surface area (TPSA) is 58.7 Å². The van der Waals surface area contributed by atoms with Crippen molar-refractivity contribution in [1.29, 1.82) is 0 Å². The highest BCUT2D eigenvalue weighted by Crippen LogP contribution is 1.79. The summed E-state index contributed by atoms with van der Waals surface area (Å²) >= 11 is 0. The molecule has 7 heavy (non-hydrogen) atoms. The summed E-state index contributed by atoms with van der Waals surface area (Å²) < 4.78 is 0. The van der Waals surface area contributed by atoms with Crippen LogP contribution >= 0.6 is 0 Å². The van der Waals surface area contributed by atoms with Gasteiger partial charge in [0.05, 0.1) is 12.0 Å². The van der Waals surface area contributed by atoms with E-state index >= 15 is 0 Å². The van der Waals surface area contributed by atoms with E-state index in [-0.39, 0.29) is 6.67 Å². The van der Waals surface area contributed by atoms with Crippen molar-refractivity contribution in [2.75, 3.05) is 13.2 Å². The van der Waals surface area contributed by atoms with Gasteiger partial charge in [-0.2, -0.15) is 0 Å². The Balaban J connectivity index is 3.16. The molecule has 0 spiro atoms. The Bertz CT molecular complexity index is 52.1. The Hall–Kier alpha value is -0.640. The van der Waals surface area contributed by atoms with Crippen LogP contribution in [0.15, 0.2) is 5.29 Å². The molecule has 4 nitrogen and oxygen atoms in total. The fourth-order valence-electron chi connectivity index (χ4n) is 0.220. The molecule has 0 aliphatic rings. The Morgan fingerprint density at radius 1 is 1.86 bits per heavy atom. The molecule has 0 unspecified atom stereocenters. The van der Waals surface area contributed by atoms with Crippen molar-refractivity contribution in [3.63, 3.8) is 0 Å². The van der Waals surface area contributed by atoms with Crippen LogP contribution in [0, 0.1) is 4.91 Å². The summed E-state index contributed by atoms with van der Waals surface area (Å²) in [6.07, 6.45) is 0. The molecule has 0 aliphatic carbocycles. The normalized spacial score (nSPS) is 8.29. The molecule has 0 bridgehead atoms. The molecule has 0 saturated heterocycles. The van der Waals surface area contributed by atoms with Gasteiger partial charge in [0.15, 0.2) is 0 Å². The summed E-state index contributed by atoms with van der Waals surface area (Å²) in [6, 6.07) is 0. The van der Waals surface area contributed by atoms with Crippen LogP contribution in [0.1, 0.15) is 6.92 Å². The molecule has 0 saturated carbocycles. The van der Waals surface area contributed by atoms with Crippen molar-refractivity contribution in [3.05, 3.63) is 4.91 Å². The summed E-state index contributed by atoms with van der Waals surface area (Å²) in [4.78, 5) is 9.56. The van der Waals surface area contributed by atoms with E-state index in [9.17, 15) is 4.91 Å². The van der Waals surface area contributed by atoms with Crippen molar-refractivity contribution < 1.29 is 0 Å². The highest BCUT2D eigenvalue weighted by molar-refractivity contribution is 4.36. The average Bonchev–Trinajstić information content (AvgIpc) is 1.72. The predicted molar refractivity (Wildman–Crippen MR) is 27.2 cm³/mol. The third-order valence-corrected chi connectivity index (χ3v) is 0.691. The van der Waals surface area contributed by atoms with Gasteiger partial charge >= 0.3 is 0 Å². The Morgan fingerprint density at radius 2 is 2.43 bits per heavy atom. The lowest BCUT2D eigenvalue weighted by Crippen LogP contribution is -2.23. The fraction of sp³-hybridized carbons (Fsp3) is 1.00. The van der Waals surface area contributed by atoms with Crippen molar-refractivity contribution in [2.45, 2.75) is 6.92 Å². The van der Waals surface area contributed by atoms with Gasteiger partial charge in [-0.3, -0.25) is 0 Å². The molecule has 2 N–H and O–H groups in total. The molecule has 0 aliphatic heterocycles. The first kappa shape index (κ1) is 6.36. The van der Waals surface area contributed by atoms with Crippen molar-refractivity contribution >= 4 is 0 Å². The number of nitroso groups, excluding NO2 is 1. The molecule has 4 heteroatoms. The number of nitrogens with zero attached hydrogens (tertiary/aromatic N) is 2. The van der Waals surface area contributed by atoms with Crippen LogP contribution in [0.4, 0.5) is 0 Å². The first-order valence-electron chi connectivity index (χ1n) is 2.13. The van der Waals surface area contributed by atoms with Gasteiger partial charge in [-0.15, -0.1) is 4.91 Å². The maximum absolute atomic E-state index is 9.56. The van der Waals surface area contributed by atoms with E-state index in [4.69, 9.17) is 5.73 Å². The molecule has 0 aromatic carbocycles. The number of nitrogens with two attached hydrogens (primary N) is 1. The molecule has 0 radical (unpaired) electrons. The number of rotatable bonds is 3. The first-order valence-corrected chi connectivity index (χ1v) is 2.13. The molecular weight excluding hydrogens is 94.1 g/mol. The minimum atomic E-state index is 0.208. The molecule has 0 heterocycles. The monoisotopic (exact) mass is 103 g/mol. The lowest BCUT2D eigenvalue weighted by Gasteiger charge is -2.05. The van der Waals surface area contributed by atoms with Gasteiger partial charge in [-0.1, -0.05) is 0 Å². The average molecular weight is 103 g/mol. The SMILES string of the molecule is CCN(CN)N=O. The molecule has 0 fully saturated rings. The number of hydrogen-bond acceptors (Lipinski definition) is 3. The molecule has 42 valence electrons. The Morgan fingerprint density at radius 3 is 2.43 bits per heavy atom. The summed E-state index contributed by atoms with van der Waals surface area (Å²) in [5, 5.41) is 3.81. The van der Waals surface area contributed by atoms with Crippen molar-refractivity contribution in [3.8, 4) is 0 Å². The van der Waals surface area contributed by atoms with E-state index in [0.29, 0.717) is 6.54 Å². The van der Waals surface area contributed by atoms with Crippen LogP contribution in [-0.2, 0) is 0 Å². The highest BCUT2D eigenvalue weighted by atomic mass is 16.3. The fourth-order valence-corrected chi connectivity index (χ4v) is 0.220. The molecule has 0 rings (SSSR count). The second kappa shape index (κ2) is 3.55. The summed E-state index contributed by atoms with van der Waals surface area (Å²) in [5.74, 6) is 0. The van der Waals surface area contributed by atoms with E-state index in [0.717, 1.165) is 0 Å². The third-order valence-electron chi connectivity index (χ3n) is 0.691. The highest BCUT2D eigenvalue weighted by Gasteiger charge is 1.89. The largest absolute Gasteiger partial charge is 0.313 e. The zero-order valence-corrected chi connectivity index (χ0v) is 4.29. The van der Waals surface area contributed by atoms with Gasteiger partial charge in [-0.25, -0.2) is 5.01 Å². The van der Waals surface area contributed by atoms with Gasteiger partial charge < -0.3 is 5.73 Å². The van der Waals surface area contributed by atoms with Crippen LogP contribution in [0.3, 0.4) is 0 Å². The zero-order valence-electron chi connectivity index (χ0n) is 4.29. The second-order valence-corrected chi connectivity index (χ2v) is 1.09. The lowest BCUT2D eigenvalue weighted by molar-refractivity contribution is 0.309. The van der Waals surface area contributed by atoms with Gasteiger partial charge in [0, 0.05) is 6.54 Å². The number of hydrogen-bond donors (Lipinski definition) is 1. The summed E-state index contributed by atoms with van der Waals surface area (Å²) in [7, 11) is 0. The van der Waals surface area contributed by atoms with Gasteiger partial charge in [0.25, 0.3) is 0 Å². The predicted octanol–water partition coefficient (Wildman–Crippen LogP) is -0.0941. The quantitative estimate of drug-likeness (QED) is 0.308. The Kier molecular flexibility index (Phi) is 3.22. The summed E-state index contributed by atoms with van der Waals surface area (Å²) in [6.45, 7) is 2.61. The van der Waals surface area contributed by atoms with E-state index in [1.54, 1.807) is 0 Å². The van der Waals surface area contributed by atoms with E-state index in [1.807, 2.05) is 6.92 Å². The van der Waals surface area contributed by atoms with Gasteiger partial charge in [0.2, 0.25) is 0 Å². The van der Waals surface area contributed by atoms with Crippen LogP contribution in [0.5, 0.6) is 0 Å². The smallest absolute Gasteiger partial charge is 0.0861 e. The van der Waals surface area contributed by atoms with E-state index < -0.39 is 0 Å². The van der Waals surface area contributed by atoms with Gasteiger partial charge in [-0.05, 0) is 6.92 Å². The van der Waals surface area contributed by atoms with Crippen LogP contribution in [-0.4, -0.2) is 18.2 Å². The minimum absolute atomic E-state index is 0.208. The maximum atomic E-state index is 9.56. The zero-order chi connectivity index (χ0) is 5.70. The second-order valence-electron chi connectivity index (χ2n) is 1.09. The third kappa shape index (κ3) is 2.11. The molecule has 0 atom stereocenters. The maximum Gasteiger partial charge on any atom is 0.0861 e. The molecule has 0 aromatic rings. The van der Waals surface area contributed by atoms with Gasteiger partial charge in [0.1, 0.15) is 0 Å². The lowest BCUT2D eigenvalue weighted by atomic mass is 10.7. The molecular formula is C3H9N3O. The van der Waals surface area contributed by atoms with Crippen molar-refractivity contribution in [2.24, 2.45) is 11.0 Å². The summed E-state index contributed by atoms with van der Waals surface area (Å²) in [5.41, 5.74) is 5.03. The minimum Gasteiger partial charge on any atom is -0.313 e. The molecule has 0 amide bonds. The Labute approximate surface area is 42.2 Å². The first-order chi connectivity index (χ1) is 3.35. The standard InChI is InChI=1S/C3H9N3O/c1-2-6(3-4)5-7/h2-4H2,1H3. The van der Waals surface area contributed by atoms with Crippen LogP contribution in [0.25, 0.3) is 0 Å². The van der Waals surface area contributed by atoms with Crippen LogP contribution < -0.4 is 5.73 Å². The van der Waals surface area contributed by atoms with E-state index in [1.165, 1.54) is 5.01 Å². The molecule has 0 aromatic heterocycles. The van der Waals surface area contributed by atoms with Crippen molar-refractivity contribution in [1.82, 2.24) is 5.01 Å².